The smallest absolute Gasteiger partial charge is 0.184 e. The van der Waals surface area contributed by atoms with Gasteiger partial charge >= 0.3 is 0 Å². The van der Waals surface area contributed by atoms with Gasteiger partial charge < -0.3 is 25.2 Å². The summed E-state index contributed by atoms with van der Waals surface area (Å²) in [6.07, 6.45) is -6.53. The van der Waals surface area contributed by atoms with E-state index in [0.29, 0.717) is 24.8 Å². The second kappa shape index (κ2) is 9.55. The minimum absolute atomic E-state index is 0. The molecule has 1 rings (SSSR count). The van der Waals surface area contributed by atoms with Gasteiger partial charge in [-0.25, -0.2) is 0 Å². The number of nitrogens with zero attached hydrogens (tertiary/aromatic N) is 1. The van der Waals surface area contributed by atoms with Crippen LogP contribution in [0.15, 0.2) is 0 Å². The summed E-state index contributed by atoms with van der Waals surface area (Å²) in [4.78, 5) is 1.85. The Labute approximate surface area is 128 Å². The number of hydrogen-bond donors (Lipinski definition) is 4. The SMILES string of the molecule is Cl.OC1OC(CN(CCCl)CCCl)C(O)C(O)C1O. The third-order valence-corrected chi connectivity index (χ3v) is 3.26. The number of rotatable bonds is 6. The van der Waals surface area contributed by atoms with Crippen molar-refractivity contribution >= 4 is 35.6 Å². The molecule has 0 bridgehead atoms. The Kier molecular flexibility index (Phi) is 9.86. The molecule has 0 aromatic carbocycles. The molecule has 0 spiro atoms. The highest BCUT2D eigenvalue weighted by Crippen LogP contribution is 2.20. The predicted octanol–water partition coefficient (Wildman–Crippen LogP) is -1.01. The Hall–Kier alpha value is 0.630. The molecule has 9 heteroatoms. The van der Waals surface area contributed by atoms with Crippen molar-refractivity contribution in [3.05, 3.63) is 0 Å². The zero-order chi connectivity index (χ0) is 13.7. The van der Waals surface area contributed by atoms with Gasteiger partial charge in [-0.15, -0.1) is 35.6 Å². The van der Waals surface area contributed by atoms with E-state index in [0.717, 1.165) is 0 Å². The van der Waals surface area contributed by atoms with Gasteiger partial charge in [0, 0.05) is 31.4 Å². The topological polar surface area (TPSA) is 93.4 Å². The van der Waals surface area contributed by atoms with Crippen LogP contribution in [0, 0.1) is 0 Å². The molecule has 116 valence electrons. The predicted molar refractivity (Wildman–Crippen MR) is 74.0 cm³/mol. The maximum absolute atomic E-state index is 9.77. The van der Waals surface area contributed by atoms with Crippen molar-refractivity contribution in [3.63, 3.8) is 0 Å². The number of alkyl halides is 2. The van der Waals surface area contributed by atoms with Crippen molar-refractivity contribution in [1.82, 2.24) is 4.90 Å². The first-order chi connectivity index (χ1) is 8.51. The fraction of sp³-hybridized carbons (Fsp3) is 1.00. The van der Waals surface area contributed by atoms with Crippen LogP contribution in [-0.2, 0) is 4.74 Å². The van der Waals surface area contributed by atoms with Gasteiger partial charge in [-0.1, -0.05) is 0 Å². The van der Waals surface area contributed by atoms with E-state index in [9.17, 15) is 20.4 Å². The fourth-order valence-corrected chi connectivity index (χ4v) is 2.35. The monoisotopic (exact) mass is 339 g/mol. The fourth-order valence-electron chi connectivity index (χ4n) is 1.87. The molecular formula is C10H20Cl3NO5. The zero-order valence-corrected chi connectivity index (χ0v) is 12.6. The normalized spacial score (nSPS) is 35.2. The quantitative estimate of drug-likeness (QED) is 0.463. The largest absolute Gasteiger partial charge is 0.388 e. The molecular weight excluding hydrogens is 320 g/mol. The number of aliphatic hydroxyl groups excluding tert-OH is 4. The van der Waals surface area contributed by atoms with E-state index in [4.69, 9.17) is 27.9 Å². The van der Waals surface area contributed by atoms with Crippen LogP contribution in [0.25, 0.3) is 0 Å². The molecule has 6 nitrogen and oxygen atoms in total. The molecule has 5 atom stereocenters. The minimum atomic E-state index is -1.51. The molecule has 19 heavy (non-hydrogen) atoms. The highest BCUT2D eigenvalue weighted by Gasteiger charge is 2.43. The van der Waals surface area contributed by atoms with E-state index in [1.54, 1.807) is 0 Å². The Morgan fingerprint density at radius 2 is 1.42 bits per heavy atom. The van der Waals surface area contributed by atoms with E-state index < -0.39 is 30.7 Å². The number of halogens is 3. The molecule has 0 aromatic heterocycles. The first-order valence-corrected chi connectivity index (χ1v) is 6.80. The Bertz CT molecular complexity index is 245. The average molecular weight is 341 g/mol. The van der Waals surface area contributed by atoms with E-state index in [-0.39, 0.29) is 19.0 Å². The molecule has 0 radical (unpaired) electrons. The molecule has 1 fully saturated rings. The van der Waals surface area contributed by atoms with Crippen LogP contribution in [0.5, 0.6) is 0 Å². The summed E-state index contributed by atoms with van der Waals surface area (Å²) in [6.45, 7) is 1.37. The molecule has 1 heterocycles. The molecule has 4 N–H and O–H groups in total. The van der Waals surface area contributed by atoms with Crippen molar-refractivity contribution in [1.29, 1.82) is 0 Å². The van der Waals surface area contributed by atoms with Gasteiger partial charge in [0.05, 0.1) is 0 Å². The van der Waals surface area contributed by atoms with Crippen molar-refractivity contribution in [2.24, 2.45) is 0 Å². The lowest BCUT2D eigenvalue weighted by Crippen LogP contribution is -2.60. The lowest BCUT2D eigenvalue weighted by atomic mass is 9.98. The molecule has 0 amide bonds. The second-order valence-electron chi connectivity index (χ2n) is 4.22. The summed E-state index contributed by atoms with van der Waals surface area (Å²) >= 11 is 11.3. The van der Waals surface area contributed by atoms with Gasteiger partial charge in [0.25, 0.3) is 0 Å². The van der Waals surface area contributed by atoms with Crippen LogP contribution in [0.1, 0.15) is 0 Å². The standard InChI is InChI=1S/C10H19Cl2NO5.ClH/c11-1-3-13(4-2-12)5-6-7(14)8(15)9(16)10(17)18-6;/h6-10,14-17H,1-5H2;1H. The van der Waals surface area contributed by atoms with Crippen LogP contribution >= 0.6 is 35.6 Å². The lowest BCUT2D eigenvalue weighted by molar-refractivity contribution is -0.283. The van der Waals surface area contributed by atoms with Gasteiger partial charge in [0.2, 0.25) is 0 Å². The molecule has 1 saturated heterocycles. The van der Waals surface area contributed by atoms with E-state index in [1.165, 1.54) is 0 Å². The first-order valence-electron chi connectivity index (χ1n) is 5.73. The summed E-state index contributed by atoms with van der Waals surface area (Å²) in [5.41, 5.74) is 0. The average Bonchev–Trinajstić information content (AvgIpc) is 2.34. The van der Waals surface area contributed by atoms with Crippen molar-refractivity contribution in [3.8, 4) is 0 Å². The van der Waals surface area contributed by atoms with Crippen LogP contribution < -0.4 is 0 Å². The maximum atomic E-state index is 9.77. The summed E-state index contributed by atoms with van der Waals surface area (Å²) in [7, 11) is 0. The van der Waals surface area contributed by atoms with Crippen LogP contribution in [-0.4, -0.2) is 87.4 Å². The zero-order valence-electron chi connectivity index (χ0n) is 10.2. The molecule has 0 aromatic rings. The Morgan fingerprint density at radius 3 is 1.89 bits per heavy atom. The Balaban J connectivity index is 0.00000324. The van der Waals surface area contributed by atoms with Crippen molar-refractivity contribution < 1.29 is 25.2 Å². The summed E-state index contributed by atoms with van der Waals surface area (Å²) in [5.74, 6) is 0.793. The molecule has 1 aliphatic heterocycles. The molecule has 0 aliphatic carbocycles. The van der Waals surface area contributed by atoms with Crippen LogP contribution in [0.3, 0.4) is 0 Å². The van der Waals surface area contributed by atoms with E-state index >= 15 is 0 Å². The third kappa shape index (κ3) is 5.49. The van der Waals surface area contributed by atoms with Gasteiger partial charge in [-0.3, -0.25) is 4.90 Å². The maximum Gasteiger partial charge on any atom is 0.184 e. The third-order valence-electron chi connectivity index (χ3n) is 2.93. The minimum Gasteiger partial charge on any atom is -0.388 e. The van der Waals surface area contributed by atoms with Crippen molar-refractivity contribution in [2.75, 3.05) is 31.4 Å². The second-order valence-corrected chi connectivity index (χ2v) is 4.97. The first kappa shape index (κ1) is 19.6. The van der Waals surface area contributed by atoms with E-state index in [2.05, 4.69) is 0 Å². The number of ether oxygens (including phenoxy) is 1. The van der Waals surface area contributed by atoms with Crippen molar-refractivity contribution in [2.45, 2.75) is 30.7 Å². The lowest BCUT2D eigenvalue weighted by Gasteiger charge is -2.40. The van der Waals surface area contributed by atoms with Gasteiger partial charge in [0.1, 0.15) is 24.4 Å². The van der Waals surface area contributed by atoms with Crippen LogP contribution in [0.2, 0.25) is 0 Å². The van der Waals surface area contributed by atoms with Crippen LogP contribution in [0.4, 0.5) is 0 Å². The van der Waals surface area contributed by atoms with Gasteiger partial charge in [-0.05, 0) is 0 Å². The summed E-state index contributed by atoms with van der Waals surface area (Å²) in [5, 5.41) is 38.1. The van der Waals surface area contributed by atoms with E-state index in [1.807, 2.05) is 4.90 Å². The summed E-state index contributed by atoms with van der Waals surface area (Å²) < 4.78 is 5.07. The summed E-state index contributed by atoms with van der Waals surface area (Å²) in [6, 6.07) is 0. The number of aliphatic hydroxyl groups is 4. The molecule has 5 unspecified atom stereocenters. The highest BCUT2D eigenvalue weighted by molar-refractivity contribution is 6.18. The Morgan fingerprint density at radius 1 is 0.895 bits per heavy atom. The number of hydrogen-bond acceptors (Lipinski definition) is 6. The van der Waals surface area contributed by atoms with Gasteiger partial charge in [0.15, 0.2) is 6.29 Å². The highest BCUT2D eigenvalue weighted by atomic mass is 35.5. The van der Waals surface area contributed by atoms with Gasteiger partial charge in [-0.2, -0.15) is 0 Å². The molecule has 1 aliphatic rings. The molecule has 0 saturated carbocycles.